The molecular weight excluding hydrogens is 606 g/mol. The van der Waals surface area contributed by atoms with E-state index in [9.17, 15) is 23.1 Å². The lowest BCUT2D eigenvalue weighted by atomic mass is 9.93. The summed E-state index contributed by atoms with van der Waals surface area (Å²) in [6, 6.07) is 20.1. The Balaban J connectivity index is 1.77. The lowest BCUT2D eigenvalue weighted by molar-refractivity contribution is 0.0147. The van der Waals surface area contributed by atoms with Gasteiger partial charge in [-0.3, -0.25) is 4.79 Å². The Kier molecular flexibility index (Phi) is 12.8. The van der Waals surface area contributed by atoms with E-state index in [0.717, 1.165) is 22.3 Å². The van der Waals surface area contributed by atoms with Crippen LogP contribution in [-0.4, -0.2) is 66.6 Å². The van der Waals surface area contributed by atoms with Gasteiger partial charge in [0, 0.05) is 24.4 Å². The molecule has 0 aromatic heterocycles. The molecule has 0 aliphatic heterocycles. The van der Waals surface area contributed by atoms with Crippen LogP contribution in [0.4, 0.5) is 10.5 Å². The summed E-state index contributed by atoms with van der Waals surface area (Å²) in [4.78, 5) is 27.5. The molecular formula is C35H47N3O7S. The number of carbonyl (C=O) groups excluding carboxylic acids is 2. The summed E-state index contributed by atoms with van der Waals surface area (Å²) in [7, 11) is -3.86. The summed E-state index contributed by atoms with van der Waals surface area (Å²) >= 11 is 0. The van der Waals surface area contributed by atoms with Crippen LogP contribution in [0.3, 0.4) is 0 Å². The van der Waals surface area contributed by atoms with Crippen molar-refractivity contribution in [1.82, 2.24) is 9.62 Å². The quantitative estimate of drug-likeness (QED) is 0.175. The van der Waals surface area contributed by atoms with E-state index in [1.54, 1.807) is 57.2 Å². The molecule has 0 saturated carbocycles. The number of aliphatic hydroxyl groups is 2. The molecule has 0 heterocycles. The lowest BCUT2D eigenvalue weighted by Gasteiger charge is -2.29. The molecule has 0 fully saturated rings. The largest absolute Gasteiger partial charge is 0.444 e. The van der Waals surface area contributed by atoms with Crippen LogP contribution in [0, 0.1) is 5.92 Å². The van der Waals surface area contributed by atoms with E-state index >= 15 is 0 Å². The number of benzene rings is 3. The summed E-state index contributed by atoms with van der Waals surface area (Å²) in [6.07, 6.45) is -0.284. The molecule has 3 rings (SSSR count). The third kappa shape index (κ3) is 11.5. The first-order valence-corrected chi connectivity index (χ1v) is 17.1. The lowest BCUT2D eigenvalue weighted by Crippen LogP contribution is -2.40. The van der Waals surface area contributed by atoms with Gasteiger partial charge < -0.3 is 25.6 Å². The van der Waals surface area contributed by atoms with Crippen LogP contribution < -0.4 is 10.5 Å². The number of nitrogens with one attached hydrogen (secondary N) is 1. The van der Waals surface area contributed by atoms with Gasteiger partial charge in [-0.1, -0.05) is 62.4 Å². The van der Waals surface area contributed by atoms with Gasteiger partial charge >= 0.3 is 6.09 Å². The zero-order valence-corrected chi connectivity index (χ0v) is 28.1. The predicted octanol–water partition coefficient (Wildman–Crippen LogP) is 5.09. The van der Waals surface area contributed by atoms with Gasteiger partial charge in [-0.2, -0.15) is 0 Å². The van der Waals surface area contributed by atoms with Crippen molar-refractivity contribution in [3.63, 3.8) is 0 Å². The second-order valence-corrected chi connectivity index (χ2v) is 14.7. The van der Waals surface area contributed by atoms with Gasteiger partial charge in [0.25, 0.3) is 5.91 Å². The number of amides is 2. The van der Waals surface area contributed by atoms with Gasteiger partial charge in [0.1, 0.15) is 5.60 Å². The maximum Gasteiger partial charge on any atom is 0.410 e. The predicted molar refractivity (Wildman–Crippen MR) is 181 cm³/mol. The van der Waals surface area contributed by atoms with Crippen molar-refractivity contribution in [1.29, 1.82) is 0 Å². The Hall–Kier alpha value is -3.93. The molecule has 46 heavy (non-hydrogen) atoms. The van der Waals surface area contributed by atoms with Crippen LogP contribution in [0.15, 0.2) is 66.7 Å². The van der Waals surface area contributed by atoms with Gasteiger partial charge in [0.05, 0.1) is 18.4 Å². The molecule has 2 amide bonds. The average molecular weight is 654 g/mol. The molecule has 0 unspecified atom stereocenters. The standard InChI is InChI=1S/C35H47N3O7S/c1-24(2)21-29-22-28(13-16-31(29)33(41)37-46(43,44)20-6-19-39)26-9-7-25(8-10-26)17-18-38(34(42)45-35(3,4)5)23-32(40)27-11-14-30(36)15-12-27/h7-16,22,24,32,39-40H,6,17-21,23,36H2,1-5H3,(H,37,41)/t32-/m0/s1. The minimum absolute atomic E-state index is 0.0427. The second-order valence-electron chi connectivity index (χ2n) is 12.9. The third-order valence-corrected chi connectivity index (χ3v) is 8.44. The molecule has 11 heteroatoms. The SMILES string of the molecule is CC(C)Cc1cc(-c2ccc(CCN(C[C@H](O)c3ccc(N)cc3)C(=O)OC(C)(C)C)cc2)ccc1C(=O)NS(=O)(=O)CCCO. The van der Waals surface area contributed by atoms with Crippen molar-refractivity contribution in [2.75, 3.05) is 31.2 Å². The minimum Gasteiger partial charge on any atom is -0.444 e. The van der Waals surface area contributed by atoms with E-state index in [2.05, 4.69) is 4.72 Å². The molecule has 5 N–H and O–H groups in total. The number of nitrogens with two attached hydrogens (primary N) is 1. The number of rotatable bonds is 14. The fourth-order valence-electron chi connectivity index (χ4n) is 4.85. The molecule has 0 bridgehead atoms. The maximum absolute atomic E-state index is 13.0. The number of sulfonamides is 1. The van der Waals surface area contributed by atoms with Crippen LogP contribution in [0.5, 0.6) is 0 Å². The summed E-state index contributed by atoms with van der Waals surface area (Å²) in [5, 5.41) is 19.8. The number of nitrogen functional groups attached to an aromatic ring is 1. The summed E-state index contributed by atoms with van der Waals surface area (Å²) in [5.74, 6) is -0.800. The number of hydrogen-bond donors (Lipinski definition) is 4. The summed E-state index contributed by atoms with van der Waals surface area (Å²) in [6.45, 7) is 9.53. The Labute approximate surface area is 272 Å². The molecule has 3 aromatic rings. The molecule has 0 spiro atoms. The first-order valence-electron chi connectivity index (χ1n) is 15.5. The Morgan fingerprint density at radius 1 is 0.978 bits per heavy atom. The minimum atomic E-state index is -3.86. The monoisotopic (exact) mass is 653 g/mol. The highest BCUT2D eigenvalue weighted by molar-refractivity contribution is 7.90. The van der Waals surface area contributed by atoms with Crippen LogP contribution in [0.1, 0.15) is 74.2 Å². The van der Waals surface area contributed by atoms with Crippen molar-refractivity contribution >= 4 is 27.7 Å². The van der Waals surface area contributed by atoms with Crippen molar-refractivity contribution in [2.24, 2.45) is 5.92 Å². The van der Waals surface area contributed by atoms with Crippen molar-refractivity contribution < 1.29 is 33.0 Å². The van der Waals surface area contributed by atoms with Gasteiger partial charge in [0.2, 0.25) is 10.0 Å². The van der Waals surface area contributed by atoms with Crippen LogP contribution in [-0.2, 0) is 27.6 Å². The molecule has 250 valence electrons. The van der Waals surface area contributed by atoms with Gasteiger partial charge in [0.15, 0.2) is 0 Å². The highest BCUT2D eigenvalue weighted by Gasteiger charge is 2.25. The number of aliphatic hydroxyl groups excluding tert-OH is 2. The molecule has 0 saturated heterocycles. The number of ether oxygens (including phenoxy) is 1. The molecule has 0 radical (unpaired) electrons. The normalized spacial score (nSPS) is 12.5. The van der Waals surface area contributed by atoms with Gasteiger partial charge in [-0.25, -0.2) is 17.9 Å². The van der Waals surface area contributed by atoms with Gasteiger partial charge in [-0.05, 0) is 92.0 Å². The number of hydrogen-bond acceptors (Lipinski definition) is 8. The maximum atomic E-state index is 13.0. The van der Waals surface area contributed by atoms with Crippen LogP contribution in [0.2, 0.25) is 0 Å². The Morgan fingerprint density at radius 2 is 1.61 bits per heavy atom. The van der Waals surface area contributed by atoms with E-state index in [0.29, 0.717) is 36.2 Å². The van der Waals surface area contributed by atoms with Crippen LogP contribution >= 0.6 is 0 Å². The van der Waals surface area contributed by atoms with E-state index in [4.69, 9.17) is 15.6 Å². The second kappa shape index (κ2) is 16.1. The van der Waals surface area contributed by atoms with E-state index in [1.165, 1.54) is 4.90 Å². The zero-order valence-electron chi connectivity index (χ0n) is 27.3. The smallest absolute Gasteiger partial charge is 0.410 e. The van der Waals surface area contributed by atoms with Crippen molar-refractivity contribution in [3.8, 4) is 11.1 Å². The highest BCUT2D eigenvalue weighted by Crippen LogP contribution is 2.26. The molecule has 3 aromatic carbocycles. The van der Waals surface area contributed by atoms with E-state index < -0.39 is 33.7 Å². The van der Waals surface area contributed by atoms with Crippen molar-refractivity contribution in [3.05, 3.63) is 89.0 Å². The molecule has 0 aliphatic rings. The first-order chi connectivity index (χ1) is 21.6. The summed E-state index contributed by atoms with van der Waals surface area (Å²) < 4.78 is 32.3. The molecule has 0 aliphatic carbocycles. The van der Waals surface area contributed by atoms with Crippen molar-refractivity contribution in [2.45, 2.75) is 65.6 Å². The molecule has 10 nitrogen and oxygen atoms in total. The Morgan fingerprint density at radius 3 is 2.20 bits per heavy atom. The Bertz CT molecular complexity index is 1570. The fraction of sp³-hybridized carbons (Fsp3) is 0.429. The fourth-order valence-corrected chi connectivity index (χ4v) is 5.85. The van der Waals surface area contributed by atoms with E-state index in [1.807, 2.05) is 44.2 Å². The molecule has 1 atom stereocenters. The number of nitrogens with zero attached hydrogens (tertiary/aromatic N) is 1. The highest BCUT2D eigenvalue weighted by atomic mass is 32.2. The first kappa shape index (κ1) is 36.5. The number of carbonyl (C=O) groups is 2. The third-order valence-electron chi connectivity index (χ3n) is 7.12. The summed E-state index contributed by atoms with van der Waals surface area (Å²) in [5.41, 5.74) is 10.1. The topological polar surface area (TPSA) is 159 Å². The van der Waals surface area contributed by atoms with E-state index in [-0.39, 0.29) is 31.2 Å². The van der Waals surface area contributed by atoms with Gasteiger partial charge in [-0.15, -0.1) is 0 Å². The average Bonchev–Trinajstić information content (AvgIpc) is 2.97. The van der Waals surface area contributed by atoms with Crippen LogP contribution in [0.25, 0.3) is 11.1 Å². The number of anilines is 1. The zero-order chi connectivity index (χ0) is 34.1.